The molecule has 1 aromatic heterocycles. The highest BCUT2D eigenvalue weighted by Gasteiger charge is 2.14. The normalized spacial score (nSPS) is 10.6. The molecule has 2 aromatic rings. The summed E-state index contributed by atoms with van der Waals surface area (Å²) >= 11 is 5.88. The fourth-order valence-corrected chi connectivity index (χ4v) is 1.61. The summed E-state index contributed by atoms with van der Waals surface area (Å²) in [7, 11) is 0. The Kier molecular flexibility index (Phi) is 2.40. The number of nitrogens with zero attached hydrogens (tertiary/aromatic N) is 1. The molecule has 0 bridgehead atoms. The summed E-state index contributed by atoms with van der Waals surface area (Å²) in [5.74, 6) is -1.35. The van der Waals surface area contributed by atoms with E-state index in [2.05, 4.69) is 10.2 Å². The van der Waals surface area contributed by atoms with Crippen LogP contribution in [0.1, 0.15) is 16.1 Å². The molecule has 0 aliphatic rings. The fraction of sp³-hybridized carbons (Fsp3) is 0.100. The van der Waals surface area contributed by atoms with Crippen LogP contribution in [0.5, 0.6) is 0 Å². The SMILES string of the molecule is Cc1c(Cl)ccc2c(=O)c(C(=O)O)n[nH]c12. The lowest BCUT2D eigenvalue weighted by Gasteiger charge is -2.03. The van der Waals surface area contributed by atoms with E-state index in [4.69, 9.17) is 16.7 Å². The lowest BCUT2D eigenvalue weighted by molar-refractivity contribution is 0.0688. The number of hydrogen-bond donors (Lipinski definition) is 2. The van der Waals surface area contributed by atoms with Crippen molar-refractivity contribution in [1.82, 2.24) is 10.2 Å². The first-order valence-electron chi connectivity index (χ1n) is 4.43. The number of hydrogen-bond acceptors (Lipinski definition) is 3. The third kappa shape index (κ3) is 1.45. The largest absolute Gasteiger partial charge is 0.476 e. The van der Waals surface area contributed by atoms with Crippen LogP contribution in [0.2, 0.25) is 5.02 Å². The van der Waals surface area contributed by atoms with Crippen molar-refractivity contribution in [3.63, 3.8) is 0 Å². The zero-order valence-corrected chi connectivity index (χ0v) is 9.00. The number of nitrogens with one attached hydrogen (secondary N) is 1. The summed E-state index contributed by atoms with van der Waals surface area (Å²) in [5.41, 5.74) is -0.00144. The third-order valence-electron chi connectivity index (χ3n) is 2.34. The first kappa shape index (κ1) is 10.6. The molecule has 1 aromatic carbocycles. The number of aromatic carboxylic acids is 1. The Balaban J connectivity index is 2.93. The average Bonchev–Trinajstić information content (AvgIpc) is 2.23. The minimum absolute atomic E-state index is 0.273. The van der Waals surface area contributed by atoms with Gasteiger partial charge in [-0.15, -0.1) is 0 Å². The van der Waals surface area contributed by atoms with Gasteiger partial charge in [-0.1, -0.05) is 11.6 Å². The minimum Gasteiger partial charge on any atom is -0.476 e. The number of carbonyl (C=O) groups is 1. The molecule has 0 spiro atoms. The van der Waals surface area contributed by atoms with Gasteiger partial charge in [0.05, 0.1) is 5.52 Å². The lowest BCUT2D eigenvalue weighted by atomic mass is 10.1. The zero-order valence-electron chi connectivity index (χ0n) is 8.24. The number of rotatable bonds is 1. The van der Waals surface area contributed by atoms with Gasteiger partial charge in [0.15, 0.2) is 0 Å². The Labute approximate surface area is 94.7 Å². The van der Waals surface area contributed by atoms with Crippen molar-refractivity contribution >= 4 is 28.5 Å². The Morgan fingerprint density at radius 3 is 2.81 bits per heavy atom. The second-order valence-electron chi connectivity index (χ2n) is 3.30. The van der Waals surface area contributed by atoms with Crippen LogP contribution >= 0.6 is 11.6 Å². The maximum absolute atomic E-state index is 11.7. The quantitative estimate of drug-likeness (QED) is 0.790. The van der Waals surface area contributed by atoms with Crippen LogP contribution in [-0.2, 0) is 0 Å². The van der Waals surface area contributed by atoms with E-state index in [-0.39, 0.29) is 5.39 Å². The maximum Gasteiger partial charge on any atom is 0.360 e. The topological polar surface area (TPSA) is 83.1 Å². The average molecular weight is 239 g/mol. The van der Waals surface area contributed by atoms with Gasteiger partial charge in [-0.3, -0.25) is 9.89 Å². The molecule has 0 atom stereocenters. The molecule has 5 nitrogen and oxygen atoms in total. The number of carboxylic acid groups (broad SMARTS) is 1. The number of aryl methyl sites for hydroxylation is 1. The summed E-state index contributed by atoms with van der Waals surface area (Å²) in [6.07, 6.45) is 0. The van der Waals surface area contributed by atoms with E-state index in [1.54, 1.807) is 13.0 Å². The Morgan fingerprint density at radius 2 is 2.19 bits per heavy atom. The van der Waals surface area contributed by atoms with Crippen LogP contribution in [0.3, 0.4) is 0 Å². The molecule has 16 heavy (non-hydrogen) atoms. The predicted octanol–water partition coefficient (Wildman–Crippen LogP) is 1.58. The van der Waals surface area contributed by atoms with E-state index in [9.17, 15) is 9.59 Å². The minimum atomic E-state index is -1.35. The Bertz CT molecular complexity index is 648. The predicted molar refractivity (Wildman–Crippen MR) is 59.1 cm³/mol. The highest BCUT2D eigenvalue weighted by Crippen LogP contribution is 2.21. The van der Waals surface area contributed by atoms with Crippen LogP contribution in [0, 0.1) is 6.92 Å². The summed E-state index contributed by atoms with van der Waals surface area (Å²) in [6, 6.07) is 3.04. The van der Waals surface area contributed by atoms with Crippen molar-refractivity contribution in [2.24, 2.45) is 0 Å². The number of aromatic amines is 1. The fourth-order valence-electron chi connectivity index (χ4n) is 1.45. The highest BCUT2D eigenvalue weighted by molar-refractivity contribution is 6.32. The second kappa shape index (κ2) is 3.61. The van der Waals surface area contributed by atoms with Gasteiger partial charge >= 0.3 is 5.97 Å². The number of benzene rings is 1. The number of H-pyrrole nitrogens is 1. The van der Waals surface area contributed by atoms with Crippen molar-refractivity contribution in [1.29, 1.82) is 0 Å². The third-order valence-corrected chi connectivity index (χ3v) is 2.75. The van der Waals surface area contributed by atoms with E-state index < -0.39 is 17.1 Å². The first-order chi connectivity index (χ1) is 7.52. The number of halogens is 1. The van der Waals surface area contributed by atoms with Gasteiger partial charge in [-0.25, -0.2) is 4.79 Å². The van der Waals surface area contributed by atoms with Crippen molar-refractivity contribution in [2.75, 3.05) is 0 Å². The second-order valence-corrected chi connectivity index (χ2v) is 3.71. The van der Waals surface area contributed by atoms with Crippen LogP contribution < -0.4 is 5.43 Å². The Hall–Kier alpha value is -1.88. The molecule has 2 N–H and O–H groups in total. The van der Waals surface area contributed by atoms with Gasteiger partial charge in [0.2, 0.25) is 11.1 Å². The van der Waals surface area contributed by atoms with Crippen LogP contribution in [0.4, 0.5) is 0 Å². The van der Waals surface area contributed by atoms with Crippen LogP contribution in [0.25, 0.3) is 10.9 Å². The van der Waals surface area contributed by atoms with Gasteiger partial charge in [-0.05, 0) is 24.6 Å². The molecule has 0 unspecified atom stereocenters. The summed E-state index contributed by atoms with van der Waals surface area (Å²) < 4.78 is 0. The number of aromatic nitrogens is 2. The van der Waals surface area contributed by atoms with Crippen LogP contribution in [-0.4, -0.2) is 21.3 Å². The molecule has 0 aliphatic carbocycles. The number of fused-ring (bicyclic) bond motifs is 1. The Morgan fingerprint density at radius 1 is 1.50 bits per heavy atom. The van der Waals surface area contributed by atoms with Crippen LogP contribution in [0.15, 0.2) is 16.9 Å². The van der Waals surface area contributed by atoms with Crippen molar-refractivity contribution in [3.8, 4) is 0 Å². The molecule has 1 heterocycles. The van der Waals surface area contributed by atoms with E-state index in [0.717, 1.165) is 0 Å². The summed E-state index contributed by atoms with van der Waals surface area (Å²) in [5, 5.41) is 15.6. The smallest absolute Gasteiger partial charge is 0.360 e. The number of carboxylic acids is 1. The van der Waals surface area contributed by atoms with Gasteiger partial charge in [-0.2, -0.15) is 5.10 Å². The van der Waals surface area contributed by atoms with E-state index in [0.29, 0.717) is 16.1 Å². The molecular formula is C10H7ClN2O3. The van der Waals surface area contributed by atoms with Gasteiger partial charge < -0.3 is 5.11 Å². The van der Waals surface area contributed by atoms with Gasteiger partial charge in [0.1, 0.15) is 0 Å². The molecule has 6 heteroatoms. The maximum atomic E-state index is 11.7. The molecule has 82 valence electrons. The van der Waals surface area contributed by atoms with Crippen molar-refractivity contribution < 1.29 is 9.90 Å². The molecule has 0 saturated carbocycles. The lowest BCUT2D eigenvalue weighted by Crippen LogP contribution is -2.18. The summed E-state index contributed by atoms with van der Waals surface area (Å²) in [6.45, 7) is 1.72. The van der Waals surface area contributed by atoms with E-state index in [1.165, 1.54) is 6.07 Å². The molecule has 0 radical (unpaired) electrons. The molecule has 0 aliphatic heterocycles. The van der Waals surface area contributed by atoms with E-state index >= 15 is 0 Å². The molecule has 2 rings (SSSR count). The standard InChI is InChI=1S/C10H7ClN2O3/c1-4-6(11)3-2-5-7(4)12-13-8(9(5)14)10(15)16/h2-3H,1H3,(H,12,14)(H,15,16). The molecular weight excluding hydrogens is 232 g/mol. The summed E-state index contributed by atoms with van der Waals surface area (Å²) in [4.78, 5) is 22.4. The monoisotopic (exact) mass is 238 g/mol. The zero-order chi connectivity index (χ0) is 11.9. The van der Waals surface area contributed by atoms with Gasteiger partial charge in [0.25, 0.3) is 0 Å². The highest BCUT2D eigenvalue weighted by atomic mass is 35.5. The van der Waals surface area contributed by atoms with Crippen molar-refractivity contribution in [3.05, 3.63) is 38.6 Å². The molecule has 0 amide bonds. The first-order valence-corrected chi connectivity index (χ1v) is 4.81. The van der Waals surface area contributed by atoms with Gasteiger partial charge in [0, 0.05) is 10.4 Å². The molecule has 0 saturated heterocycles. The van der Waals surface area contributed by atoms with Crippen molar-refractivity contribution in [2.45, 2.75) is 6.92 Å². The molecule has 0 fully saturated rings. The van der Waals surface area contributed by atoms with E-state index in [1.807, 2.05) is 0 Å².